The van der Waals surface area contributed by atoms with Crippen LogP contribution in [0.25, 0.3) is 11.0 Å². The lowest BCUT2D eigenvalue weighted by atomic mass is 10.2. The fourth-order valence-corrected chi connectivity index (χ4v) is 3.36. The largest absolute Gasteiger partial charge is 0.484 e. The van der Waals surface area contributed by atoms with Crippen LogP contribution in [0.3, 0.4) is 0 Å². The van der Waals surface area contributed by atoms with Crippen molar-refractivity contribution in [2.45, 2.75) is 39.2 Å². The third-order valence-corrected chi connectivity index (χ3v) is 4.84. The minimum atomic E-state index is -0.257. The van der Waals surface area contributed by atoms with E-state index in [9.17, 15) is 9.59 Å². The number of imidazole rings is 1. The van der Waals surface area contributed by atoms with Gasteiger partial charge in [0.25, 0.3) is 5.91 Å². The smallest absolute Gasteiger partial charge is 0.326 e. The van der Waals surface area contributed by atoms with Gasteiger partial charge in [0.2, 0.25) is 0 Å². The van der Waals surface area contributed by atoms with Crippen molar-refractivity contribution in [3.05, 3.63) is 60.4 Å². The molecule has 1 aromatic heterocycles. The normalized spacial score (nSPS) is 10.7. The van der Waals surface area contributed by atoms with Crippen LogP contribution < -0.4 is 10.1 Å². The van der Waals surface area contributed by atoms with Gasteiger partial charge >= 0.3 is 5.97 Å². The van der Waals surface area contributed by atoms with Crippen LogP contribution in [0.2, 0.25) is 0 Å². The molecule has 2 aromatic carbocycles. The lowest BCUT2D eigenvalue weighted by molar-refractivity contribution is -0.143. The molecule has 0 aliphatic rings. The zero-order valence-corrected chi connectivity index (χ0v) is 17.9. The molecule has 0 aliphatic carbocycles. The Morgan fingerprint density at radius 2 is 1.77 bits per heavy atom. The Kier molecular flexibility index (Phi) is 8.46. The molecule has 7 heteroatoms. The highest BCUT2D eigenvalue weighted by Gasteiger charge is 2.14. The van der Waals surface area contributed by atoms with Crippen LogP contribution in [0.4, 0.5) is 0 Å². The third-order valence-electron chi connectivity index (χ3n) is 4.84. The molecule has 0 saturated heterocycles. The molecule has 164 valence electrons. The van der Waals surface area contributed by atoms with E-state index in [4.69, 9.17) is 14.5 Å². The van der Waals surface area contributed by atoms with Gasteiger partial charge < -0.3 is 19.4 Å². The average molecular weight is 424 g/mol. The number of aryl methyl sites for hydroxylation is 1. The van der Waals surface area contributed by atoms with Gasteiger partial charge in [0, 0.05) is 13.0 Å². The van der Waals surface area contributed by atoms with Crippen molar-refractivity contribution >= 4 is 22.9 Å². The molecule has 3 rings (SSSR count). The zero-order chi connectivity index (χ0) is 21.9. The Balaban J connectivity index is 1.41. The number of carbonyl (C=O) groups is 2. The number of hydrogen-bond donors (Lipinski definition) is 1. The van der Waals surface area contributed by atoms with Crippen molar-refractivity contribution in [2.24, 2.45) is 0 Å². The summed E-state index contributed by atoms with van der Waals surface area (Å²) >= 11 is 0. The van der Waals surface area contributed by atoms with Crippen molar-refractivity contribution in [1.29, 1.82) is 0 Å². The summed E-state index contributed by atoms with van der Waals surface area (Å²) in [6, 6.07) is 17.1. The molecule has 0 aliphatic heterocycles. The summed E-state index contributed by atoms with van der Waals surface area (Å²) in [4.78, 5) is 28.6. The van der Waals surface area contributed by atoms with E-state index in [1.54, 1.807) is 6.92 Å². The summed E-state index contributed by atoms with van der Waals surface area (Å²) in [6.07, 6.45) is 3.50. The van der Waals surface area contributed by atoms with E-state index in [1.807, 2.05) is 59.2 Å². The minimum absolute atomic E-state index is 0.0158. The number of nitrogens with one attached hydrogen (secondary N) is 1. The number of benzene rings is 2. The monoisotopic (exact) mass is 423 g/mol. The molecular weight excluding hydrogens is 394 g/mol. The molecule has 0 radical (unpaired) electrons. The van der Waals surface area contributed by atoms with Crippen molar-refractivity contribution < 1.29 is 19.1 Å². The summed E-state index contributed by atoms with van der Waals surface area (Å²) in [5, 5.41) is 2.88. The summed E-state index contributed by atoms with van der Waals surface area (Å²) < 4.78 is 12.5. The predicted octanol–water partition coefficient (Wildman–Crippen LogP) is 3.51. The van der Waals surface area contributed by atoms with E-state index < -0.39 is 0 Å². The van der Waals surface area contributed by atoms with Gasteiger partial charge in [-0.25, -0.2) is 4.98 Å². The Labute approximate surface area is 182 Å². The standard InChI is InChI=1S/C24H29N3O4/c1-2-30-24(29)17-27-21-14-9-8-13-20(21)26-22(27)15-7-4-10-16-25-23(28)18-31-19-11-5-3-6-12-19/h3,5-6,8-9,11-14H,2,4,7,10,15-18H2,1H3,(H,25,28). The first-order valence-corrected chi connectivity index (χ1v) is 10.7. The highest BCUT2D eigenvalue weighted by Crippen LogP contribution is 2.18. The van der Waals surface area contributed by atoms with Crippen molar-refractivity contribution in [1.82, 2.24) is 14.9 Å². The molecule has 1 N–H and O–H groups in total. The van der Waals surface area contributed by atoms with Crippen LogP contribution in [0.1, 0.15) is 32.0 Å². The Morgan fingerprint density at radius 1 is 1.00 bits per heavy atom. The van der Waals surface area contributed by atoms with Gasteiger partial charge in [0.15, 0.2) is 6.61 Å². The number of carbonyl (C=O) groups excluding carboxylic acids is 2. The van der Waals surface area contributed by atoms with Gasteiger partial charge in [0.05, 0.1) is 17.6 Å². The fraction of sp³-hybridized carbons (Fsp3) is 0.375. The first-order chi connectivity index (χ1) is 15.2. The quantitative estimate of drug-likeness (QED) is 0.356. The highest BCUT2D eigenvalue weighted by atomic mass is 16.5. The van der Waals surface area contributed by atoms with Gasteiger partial charge in [-0.1, -0.05) is 36.8 Å². The number of amides is 1. The molecule has 0 bridgehead atoms. The van der Waals surface area contributed by atoms with Crippen LogP contribution in [-0.2, 0) is 27.3 Å². The molecule has 3 aromatic rings. The zero-order valence-electron chi connectivity index (χ0n) is 17.9. The second kappa shape index (κ2) is 11.7. The number of ether oxygens (including phenoxy) is 2. The van der Waals surface area contributed by atoms with Crippen LogP contribution in [0.15, 0.2) is 54.6 Å². The lowest BCUT2D eigenvalue weighted by Gasteiger charge is -2.09. The Hall–Kier alpha value is -3.35. The van der Waals surface area contributed by atoms with E-state index >= 15 is 0 Å². The van der Waals surface area contributed by atoms with Gasteiger partial charge in [-0.15, -0.1) is 0 Å². The summed E-state index contributed by atoms with van der Waals surface area (Å²) in [5.41, 5.74) is 1.82. The van der Waals surface area contributed by atoms with E-state index in [0.717, 1.165) is 42.5 Å². The topological polar surface area (TPSA) is 82.5 Å². The van der Waals surface area contributed by atoms with E-state index in [2.05, 4.69) is 5.32 Å². The predicted molar refractivity (Wildman–Crippen MR) is 119 cm³/mol. The van der Waals surface area contributed by atoms with Crippen LogP contribution in [0, 0.1) is 0 Å². The molecular formula is C24H29N3O4. The maximum atomic E-state index is 12.0. The third kappa shape index (κ3) is 6.84. The van der Waals surface area contributed by atoms with Crippen LogP contribution in [-0.4, -0.2) is 41.2 Å². The summed E-state index contributed by atoms with van der Waals surface area (Å²) in [7, 11) is 0. The molecule has 0 saturated carbocycles. The second-order valence-electron chi connectivity index (χ2n) is 7.17. The lowest BCUT2D eigenvalue weighted by Crippen LogP contribution is -2.29. The Bertz CT molecular complexity index is 985. The summed E-state index contributed by atoms with van der Waals surface area (Å²) in [6.45, 7) is 2.96. The van der Waals surface area contributed by atoms with Crippen molar-refractivity contribution in [2.75, 3.05) is 19.8 Å². The fourth-order valence-electron chi connectivity index (χ4n) is 3.36. The Morgan fingerprint density at radius 3 is 2.58 bits per heavy atom. The highest BCUT2D eigenvalue weighted by molar-refractivity contribution is 5.79. The molecule has 7 nitrogen and oxygen atoms in total. The van der Waals surface area contributed by atoms with Gasteiger partial charge in [-0.2, -0.15) is 0 Å². The van der Waals surface area contributed by atoms with Crippen molar-refractivity contribution in [3.63, 3.8) is 0 Å². The average Bonchev–Trinajstić information content (AvgIpc) is 3.13. The molecule has 31 heavy (non-hydrogen) atoms. The van der Waals surface area contributed by atoms with E-state index in [-0.39, 0.29) is 25.0 Å². The first kappa shape index (κ1) is 22.3. The number of aromatic nitrogens is 2. The number of rotatable bonds is 12. The van der Waals surface area contributed by atoms with Crippen molar-refractivity contribution in [3.8, 4) is 5.75 Å². The molecule has 0 spiro atoms. The number of para-hydroxylation sites is 3. The number of nitrogens with zero attached hydrogens (tertiary/aromatic N) is 2. The van der Waals surface area contributed by atoms with E-state index in [1.165, 1.54) is 0 Å². The SMILES string of the molecule is CCOC(=O)Cn1c(CCCCCNC(=O)COc2ccccc2)nc2ccccc21. The molecule has 1 amide bonds. The van der Waals surface area contributed by atoms with Gasteiger partial charge in [0.1, 0.15) is 18.1 Å². The number of unbranched alkanes of at least 4 members (excludes halogenated alkanes) is 2. The second-order valence-corrected chi connectivity index (χ2v) is 7.17. The maximum absolute atomic E-state index is 12.0. The van der Waals surface area contributed by atoms with Gasteiger partial charge in [-0.3, -0.25) is 9.59 Å². The molecule has 1 heterocycles. The first-order valence-electron chi connectivity index (χ1n) is 10.7. The van der Waals surface area contributed by atoms with E-state index in [0.29, 0.717) is 18.9 Å². The van der Waals surface area contributed by atoms with Crippen LogP contribution in [0.5, 0.6) is 5.75 Å². The summed E-state index contributed by atoms with van der Waals surface area (Å²) in [5.74, 6) is 1.19. The number of esters is 1. The number of fused-ring (bicyclic) bond motifs is 1. The molecule has 0 atom stereocenters. The molecule has 0 fully saturated rings. The van der Waals surface area contributed by atoms with Crippen LogP contribution >= 0.6 is 0 Å². The number of hydrogen-bond acceptors (Lipinski definition) is 5. The van der Waals surface area contributed by atoms with Gasteiger partial charge in [-0.05, 0) is 44.0 Å². The minimum Gasteiger partial charge on any atom is -0.484 e. The maximum Gasteiger partial charge on any atom is 0.326 e. The molecule has 0 unspecified atom stereocenters.